The summed E-state index contributed by atoms with van der Waals surface area (Å²) in [5, 5.41) is 29.3. The van der Waals surface area contributed by atoms with Gasteiger partial charge < -0.3 is 10.2 Å². The molecule has 0 spiro atoms. The van der Waals surface area contributed by atoms with E-state index >= 15 is 0 Å². The Balaban J connectivity index is 1.77. The standard InChI is InChI=1S/C17H15N3O2/c21-16-14-9-1-2-10(4-3-9)15(14)17(22)20(16)12-6-5-11-8-18-19-13(11)7-12/h1-2,5-10,21-22H,3-4H2,(H,18,19)/t9-,10+. The fourth-order valence-corrected chi connectivity index (χ4v) is 3.92. The number of nitrogens with one attached hydrogen (secondary N) is 1. The first-order chi connectivity index (χ1) is 10.7. The van der Waals surface area contributed by atoms with Gasteiger partial charge >= 0.3 is 0 Å². The first-order valence-corrected chi connectivity index (χ1v) is 7.52. The summed E-state index contributed by atoms with van der Waals surface area (Å²) >= 11 is 0. The number of hydrogen-bond acceptors (Lipinski definition) is 3. The van der Waals surface area contributed by atoms with Crippen molar-refractivity contribution >= 4 is 10.9 Å². The van der Waals surface area contributed by atoms with Gasteiger partial charge in [0.15, 0.2) is 0 Å². The molecule has 0 saturated heterocycles. The van der Waals surface area contributed by atoms with Gasteiger partial charge in [0, 0.05) is 28.3 Å². The average Bonchev–Trinajstić information content (AvgIpc) is 3.12. The van der Waals surface area contributed by atoms with Crippen LogP contribution in [-0.2, 0) is 0 Å². The second kappa shape index (κ2) is 3.94. The molecule has 3 aliphatic carbocycles. The van der Waals surface area contributed by atoms with Crippen molar-refractivity contribution in [3.63, 3.8) is 0 Å². The zero-order chi connectivity index (χ0) is 14.8. The van der Waals surface area contributed by atoms with Gasteiger partial charge in [-0.25, -0.2) is 0 Å². The number of rotatable bonds is 1. The lowest BCUT2D eigenvalue weighted by Crippen LogP contribution is -2.15. The maximum atomic E-state index is 10.7. The van der Waals surface area contributed by atoms with Crippen LogP contribution in [0.2, 0.25) is 0 Å². The first kappa shape index (κ1) is 11.9. The van der Waals surface area contributed by atoms with Crippen molar-refractivity contribution in [2.45, 2.75) is 24.7 Å². The predicted octanol–water partition coefficient (Wildman–Crippen LogP) is 3.30. The van der Waals surface area contributed by atoms with Gasteiger partial charge in [-0.05, 0) is 31.0 Å². The quantitative estimate of drug-likeness (QED) is 0.603. The highest BCUT2D eigenvalue weighted by Gasteiger charge is 2.37. The fourth-order valence-electron chi connectivity index (χ4n) is 3.92. The Morgan fingerprint density at radius 3 is 2.36 bits per heavy atom. The van der Waals surface area contributed by atoms with Gasteiger partial charge in [0.2, 0.25) is 11.8 Å². The summed E-state index contributed by atoms with van der Waals surface area (Å²) in [4.78, 5) is 0. The number of fused-ring (bicyclic) bond motifs is 2. The Morgan fingerprint density at radius 1 is 1.05 bits per heavy atom. The number of aromatic nitrogens is 3. The zero-order valence-electron chi connectivity index (χ0n) is 11.8. The first-order valence-electron chi connectivity index (χ1n) is 7.52. The molecule has 2 heterocycles. The molecule has 110 valence electrons. The van der Waals surface area contributed by atoms with Crippen molar-refractivity contribution in [3.05, 3.63) is 47.7 Å². The molecule has 3 aliphatic rings. The highest BCUT2D eigenvalue weighted by atomic mass is 16.3. The topological polar surface area (TPSA) is 74.1 Å². The Hall–Kier alpha value is -2.69. The summed E-state index contributed by atoms with van der Waals surface area (Å²) in [7, 11) is 0. The lowest BCUT2D eigenvalue weighted by atomic mass is 9.73. The molecule has 0 unspecified atom stereocenters. The minimum absolute atomic E-state index is 0.158. The number of benzene rings is 1. The van der Waals surface area contributed by atoms with E-state index in [2.05, 4.69) is 22.3 Å². The third-order valence-corrected chi connectivity index (χ3v) is 4.99. The summed E-state index contributed by atoms with van der Waals surface area (Å²) in [5.41, 5.74) is 3.39. The van der Waals surface area contributed by atoms with Crippen molar-refractivity contribution in [3.8, 4) is 17.4 Å². The molecule has 0 radical (unpaired) electrons. The number of hydrogen-bond donors (Lipinski definition) is 3. The number of aromatic hydroxyl groups is 2. The minimum Gasteiger partial charge on any atom is -0.494 e. The van der Waals surface area contributed by atoms with Gasteiger partial charge in [0.1, 0.15) is 0 Å². The fraction of sp³-hybridized carbons (Fsp3) is 0.235. The summed E-state index contributed by atoms with van der Waals surface area (Å²) in [6.07, 6.45) is 8.12. The van der Waals surface area contributed by atoms with Crippen LogP contribution in [-0.4, -0.2) is 25.0 Å². The summed E-state index contributed by atoms with van der Waals surface area (Å²) in [5.74, 6) is 0.738. The second-order valence-corrected chi connectivity index (χ2v) is 6.13. The van der Waals surface area contributed by atoms with E-state index < -0.39 is 0 Å². The highest BCUT2D eigenvalue weighted by molar-refractivity contribution is 5.80. The van der Waals surface area contributed by atoms with Crippen molar-refractivity contribution in [1.29, 1.82) is 0 Å². The SMILES string of the molecule is Oc1c2c(c(O)n1-c1ccc3cn[nH]c3c1)[C@H]1C=C[C@@H]2CC1. The molecule has 5 nitrogen and oxygen atoms in total. The minimum atomic E-state index is 0.158. The van der Waals surface area contributed by atoms with Gasteiger partial charge in [-0.15, -0.1) is 0 Å². The number of H-pyrrole nitrogens is 1. The third kappa shape index (κ3) is 1.35. The predicted molar refractivity (Wildman–Crippen MR) is 82.6 cm³/mol. The Kier molecular flexibility index (Phi) is 2.13. The van der Waals surface area contributed by atoms with Crippen molar-refractivity contribution in [2.75, 3.05) is 0 Å². The van der Waals surface area contributed by atoms with Gasteiger partial charge in [0.05, 0.1) is 17.4 Å². The van der Waals surface area contributed by atoms with E-state index in [1.807, 2.05) is 18.2 Å². The number of allylic oxidation sites excluding steroid dienone is 2. The third-order valence-electron chi connectivity index (χ3n) is 4.99. The van der Waals surface area contributed by atoms with Crippen molar-refractivity contribution < 1.29 is 10.2 Å². The molecule has 0 fully saturated rings. The Labute approximate surface area is 126 Å². The molecule has 6 rings (SSSR count). The van der Waals surface area contributed by atoms with Crippen LogP contribution in [0.15, 0.2) is 36.5 Å². The van der Waals surface area contributed by atoms with E-state index in [0.29, 0.717) is 0 Å². The molecular formula is C17H15N3O2. The van der Waals surface area contributed by atoms with Crippen molar-refractivity contribution in [2.24, 2.45) is 0 Å². The Bertz CT molecular complexity index is 897. The largest absolute Gasteiger partial charge is 0.494 e. The number of aromatic amines is 1. The molecule has 2 atom stereocenters. The van der Waals surface area contributed by atoms with E-state index in [0.717, 1.165) is 40.6 Å². The second-order valence-electron chi connectivity index (χ2n) is 6.13. The maximum absolute atomic E-state index is 10.7. The maximum Gasteiger partial charge on any atom is 0.202 e. The molecule has 3 N–H and O–H groups in total. The zero-order valence-corrected chi connectivity index (χ0v) is 11.8. The molecule has 0 saturated carbocycles. The van der Waals surface area contributed by atoms with Crippen LogP contribution < -0.4 is 0 Å². The van der Waals surface area contributed by atoms with Crippen LogP contribution in [0.3, 0.4) is 0 Å². The molecule has 2 bridgehead atoms. The van der Waals surface area contributed by atoms with Crippen LogP contribution >= 0.6 is 0 Å². The van der Waals surface area contributed by atoms with Crippen LogP contribution in [0.5, 0.6) is 11.8 Å². The average molecular weight is 293 g/mol. The molecular weight excluding hydrogens is 278 g/mol. The molecule has 5 heteroatoms. The van der Waals surface area contributed by atoms with Gasteiger partial charge in [-0.1, -0.05) is 12.2 Å². The van der Waals surface area contributed by atoms with E-state index in [4.69, 9.17) is 0 Å². The van der Waals surface area contributed by atoms with Gasteiger partial charge in [-0.2, -0.15) is 5.10 Å². The van der Waals surface area contributed by atoms with Crippen LogP contribution in [0.1, 0.15) is 35.8 Å². The molecule has 2 aromatic heterocycles. The molecule has 22 heavy (non-hydrogen) atoms. The normalized spacial score (nSPS) is 22.4. The van der Waals surface area contributed by atoms with Gasteiger partial charge in [0.25, 0.3) is 0 Å². The van der Waals surface area contributed by atoms with E-state index in [1.54, 1.807) is 10.8 Å². The summed E-state index contributed by atoms with van der Waals surface area (Å²) in [6.45, 7) is 0. The monoisotopic (exact) mass is 293 g/mol. The molecule has 1 aromatic carbocycles. The smallest absolute Gasteiger partial charge is 0.202 e. The lowest BCUT2D eigenvalue weighted by Gasteiger charge is -2.30. The van der Waals surface area contributed by atoms with Crippen LogP contribution in [0, 0.1) is 0 Å². The summed E-state index contributed by atoms with van der Waals surface area (Å²) < 4.78 is 1.54. The summed E-state index contributed by atoms with van der Waals surface area (Å²) in [6, 6.07) is 5.71. The molecule has 0 amide bonds. The highest BCUT2D eigenvalue weighted by Crippen LogP contribution is 2.54. The van der Waals surface area contributed by atoms with Crippen LogP contribution in [0.25, 0.3) is 16.6 Å². The van der Waals surface area contributed by atoms with Crippen LogP contribution in [0.4, 0.5) is 0 Å². The van der Waals surface area contributed by atoms with Gasteiger partial charge in [-0.3, -0.25) is 9.67 Å². The van der Waals surface area contributed by atoms with E-state index in [-0.39, 0.29) is 23.6 Å². The van der Waals surface area contributed by atoms with E-state index in [1.165, 1.54) is 0 Å². The van der Waals surface area contributed by atoms with Crippen molar-refractivity contribution in [1.82, 2.24) is 14.8 Å². The molecule has 0 aliphatic heterocycles. The lowest BCUT2D eigenvalue weighted by molar-refractivity contribution is 0.399. The van der Waals surface area contributed by atoms with E-state index in [9.17, 15) is 10.2 Å². The Morgan fingerprint density at radius 2 is 1.73 bits per heavy atom. The molecule has 3 aromatic rings. The number of nitrogens with zero attached hydrogens (tertiary/aromatic N) is 2.